The maximum Gasteiger partial charge on any atom is 0.0616 e. The van der Waals surface area contributed by atoms with Crippen LogP contribution < -0.4 is 11.1 Å². The third kappa shape index (κ3) is 4.54. The van der Waals surface area contributed by atoms with Gasteiger partial charge in [-0.1, -0.05) is 13.8 Å². The molecule has 1 fully saturated rings. The molecule has 4 heteroatoms. The molecule has 1 aliphatic rings. The fraction of sp³-hybridized carbons (Fsp3) is 1.00. The van der Waals surface area contributed by atoms with Gasteiger partial charge in [0.15, 0.2) is 0 Å². The number of hydrogen-bond acceptors (Lipinski definition) is 4. The fourth-order valence-electron chi connectivity index (χ4n) is 2.39. The minimum Gasteiger partial charge on any atom is -0.396 e. The van der Waals surface area contributed by atoms with E-state index in [1.807, 2.05) is 0 Å². The van der Waals surface area contributed by atoms with Crippen molar-refractivity contribution in [2.75, 3.05) is 26.3 Å². The zero-order valence-electron chi connectivity index (χ0n) is 11.2. The molecule has 0 bridgehead atoms. The first-order valence-corrected chi connectivity index (χ1v) is 6.81. The Morgan fingerprint density at radius 2 is 2.24 bits per heavy atom. The van der Waals surface area contributed by atoms with Crippen LogP contribution in [0.4, 0.5) is 0 Å². The van der Waals surface area contributed by atoms with Crippen LogP contribution in [0.5, 0.6) is 0 Å². The Hall–Kier alpha value is -0.160. The first-order valence-electron chi connectivity index (χ1n) is 6.81. The van der Waals surface area contributed by atoms with Crippen molar-refractivity contribution in [3.63, 3.8) is 0 Å². The number of hydrogen-bond donors (Lipinski definition) is 3. The Labute approximate surface area is 105 Å². The van der Waals surface area contributed by atoms with Gasteiger partial charge >= 0.3 is 0 Å². The average molecular weight is 244 g/mol. The lowest BCUT2D eigenvalue weighted by Crippen LogP contribution is -2.57. The molecule has 0 amide bonds. The van der Waals surface area contributed by atoms with Gasteiger partial charge in [-0.15, -0.1) is 0 Å². The highest BCUT2D eigenvalue weighted by molar-refractivity contribution is 4.94. The molecule has 0 aromatic heterocycles. The minimum atomic E-state index is 0.0443. The standard InChI is InChI=1S/C13H28N2O2/c1-11(2)12-9-13(10-14,5-8-17-12)15-6-3-4-7-16/h11-12,15-16H,3-10,14H2,1-2H3. The number of unbranched alkanes of at least 4 members (excludes halogenated alkanes) is 1. The highest BCUT2D eigenvalue weighted by atomic mass is 16.5. The fourth-order valence-corrected chi connectivity index (χ4v) is 2.39. The van der Waals surface area contributed by atoms with Gasteiger partial charge in [-0.05, 0) is 38.1 Å². The third-order valence-electron chi connectivity index (χ3n) is 3.72. The Morgan fingerprint density at radius 1 is 1.47 bits per heavy atom. The van der Waals surface area contributed by atoms with Crippen LogP contribution in [-0.4, -0.2) is 43.1 Å². The number of ether oxygens (including phenoxy) is 1. The van der Waals surface area contributed by atoms with E-state index >= 15 is 0 Å². The van der Waals surface area contributed by atoms with Gasteiger partial charge in [0.2, 0.25) is 0 Å². The second kappa shape index (κ2) is 7.31. The van der Waals surface area contributed by atoms with E-state index in [1.165, 1.54) is 0 Å². The molecule has 0 aliphatic carbocycles. The van der Waals surface area contributed by atoms with Crippen LogP contribution in [0.3, 0.4) is 0 Å². The van der Waals surface area contributed by atoms with Gasteiger partial charge in [0.05, 0.1) is 6.10 Å². The van der Waals surface area contributed by atoms with Crippen LogP contribution in [0.2, 0.25) is 0 Å². The lowest BCUT2D eigenvalue weighted by molar-refractivity contribution is -0.0493. The van der Waals surface area contributed by atoms with Gasteiger partial charge in [-0.2, -0.15) is 0 Å². The van der Waals surface area contributed by atoms with E-state index in [4.69, 9.17) is 15.6 Å². The van der Waals surface area contributed by atoms with Crippen molar-refractivity contribution in [1.29, 1.82) is 0 Å². The minimum absolute atomic E-state index is 0.0443. The van der Waals surface area contributed by atoms with Crippen molar-refractivity contribution < 1.29 is 9.84 Å². The molecule has 4 nitrogen and oxygen atoms in total. The van der Waals surface area contributed by atoms with Gasteiger partial charge in [0.25, 0.3) is 0 Å². The molecule has 17 heavy (non-hydrogen) atoms. The van der Waals surface area contributed by atoms with Crippen LogP contribution >= 0.6 is 0 Å². The summed E-state index contributed by atoms with van der Waals surface area (Å²) in [6.07, 6.45) is 4.17. The molecule has 1 rings (SSSR count). The predicted octanol–water partition coefficient (Wildman–Crippen LogP) is 0.881. The monoisotopic (exact) mass is 244 g/mol. The van der Waals surface area contributed by atoms with E-state index < -0.39 is 0 Å². The highest BCUT2D eigenvalue weighted by Gasteiger charge is 2.36. The summed E-state index contributed by atoms with van der Waals surface area (Å²) in [6.45, 7) is 7.06. The Kier molecular flexibility index (Phi) is 6.41. The summed E-state index contributed by atoms with van der Waals surface area (Å²) in [5.74, 6) is 0.542. The number of aliphatic hydroxyl groups excluding tert-OH is 1. The van der Waals surface area contributed by atoms with Crippen molar-refractivity contribution in [3.05, 3.63) is 0 Å². The van der Waals surface area contributed by atoms with Crippen LogP contribution in [0.15, 0.2) is 0 Å². The lowest BCUT2D eigenvalue weighted by atomic mass is 9.83. The van der Waals surface area contributed by atoms with Gasteiger partial charge < -0.3 is 20.9 Å². The Balaban J connectivity index is 2.43. The zero-order chi connectivity index (χ0) is 12.7. The number of aliphatic hydroxyl groups is 1. The lowest BCUT2D eigenvalue weighted by Gasteiger charge is -2.42. The predicted molar refractivity (Wildman–Crippen MR) is 69.9 cm³/mol. The maximum atomic E-state index is 8.77. The molecule has 0 saturated carbocycles. The molecular formula is C13H28N2O2. The SMILES string of the molecule is CC(C)C1CC(CN)(NCCCCO)CCO1. The van der Waals surface area contributed by atoms with E-state index in [0.717, 1.165) is 38.8 Å². The molecule has 0 spiro atoms. The molecule has 1 saturated heterocycles. The van der Waals surface area contributed by atoms with Crippen LogP contribution in [0, 0.1) is 5.92 Å². The molecule has 102 valence electrons. The van der Waals surface area contributed by atoms with Crippen LogP contribution in [0.1, 0.15) is 39.5 Å². The summed E-state index contributed by atoms with van der Waals surface area (Å²) < 4.78 is 5.79. The highest BCUT2D eigenvalue weighted by Crippen LogP contribution is 2.27. The van der Waals surface area contributed by atoms with Crippen molar-refractivity contribution in [2.45, 2.75) is 51.2 Å². The number of nitrogens with one attached hydrogen (secondary N) is 1. The summed E-state index contributed by atoms with van der Waals surface area (Å²) >= 11 is 0. The molecule has 1 heterocycles. The Bertz CT molecular complexity index is 212. The van der Waals surface area contributed by atoms with E-state index in [9.17, 15) is 0 Å². The molecule has 2 atom stereocenters. The summed E-state index contributed by atoms with van der Waals surface area (Å²) in [6, 6.07) is 0. The largest absolute Gasteiger partial charge is 0.396 e. The second-order valence-corrected chi connectivity index (χ2v) is 5.45. The quantitative estimate of drug-likeness (QED) is 0.582. The van der Waals surface area contributed by atoms with Gasteiger partial charge in [0.1, 0.15) is 0 Å². The topological polar surface area (TPSA) is 67.5 Å². The maximum absolute atomic E-state index is 8.77. The van der Waals surface area contributed by atoms with Crippen molar-refractivity contribution >= 4 is 0 Å². The Morgan fingerprint density at radius 3 is 2.82 bits per heavy atom. The summed E-state index contributed by atoms with van der Waals surface area (Å²) in [7, 11) is 0. The number of nitrogens with two attached hydrogens (primary N) is 1. The molecule has 2 unspecified atom stereocenters. The molecule has 0 aromatic carbocycles. The van der Waals surface area contributed by atoms with Crippen LogP contribution in [-0.2, 0) is 4.74 Å². The smallest absolute Gasteiger partial charge is 0.0616 e. The normalized spacial score (nSPS) is 29.8. The molecule has 0 radical (unpaired) electrons. The van der Waals surface area contributed by atoms with Crippen LogP contribution in [0.25, 0.3) is 0 Å². The van der Waals surface area contributed by atoms with E-state index in [1.54, 1.807) is 0 Å². The molecule has 4 N–H and O–H groups in total. The van der Waals surface area contributed by atoms with Crippen molar-refractivity contribution in [1.82, 2.24) is 5.32 Å². The third-order valence-corrected chi connectivity index (χ3v) is 3.72. The van der Waals surface area contributed by atoms with Crippen molar-refractivity contribution in [2.24, 2.45) is 11.7 Å². The van der Waals surface area contributed by atoms with E-state index in [-0.39, 0.29) is 12.1 Å². The van der Waals surface area contributed by atoms with Gasteiger partial charge in [0, 0.05) is 25.3 Å². The van der Waals surface area contributed by atoms with E-state index in [0.29, 0.717) is 18.6 Å². The first-order chi connectivity index (χ1) is 8.13. The number of rotatable bonds is 7. The molecule has 0 aromatic rings. The molecule has 1 aliphatic heterocycles. The zero-order valence-corrected chi connectivity index (χ0v) is 11.2. The average Bonchev–Trinajstić information content (AvgIpc) is 2.35. The summed E-state index contributed by atoms with van der Waals surface area (Å²) in [5.41, 5.74) is 5.99. The summed E-state index contributed by atoms with van der Waals surface area (Å²) in [5, 5.41) is 12.4. The van der Waals surface area contributed by atoms with Gasteiger partial charge in [-0.25, -0.2) is 0 Å². The van der Waals surface area contributed by atoms with E-state index in [2.05, 4.69) is 19.2 Å². The second-order valence-electron chi connectivity index (χ2n) is 5.45. The van der Waals surface area contributed by atoms with Crippen molar-refractivity contribution in [3.8, 4) is 0 Å². The summed E-state index contributed by atoms with van der Waals surface area (Å²) in [4.78, 5) is 0. The molecular weight excluding hydrogens is 216 g/mol. The first kappa shape index (κ1) is 14.9. The van der Waals surface area contributed by atoms with Gasteiger partial charge in [-0.3, -0.25) is 0 Å².